The molecule has 15 rings (SSSR count). The maximum absolute atomic E-state index is 8.29. The number of anilines is 6. The van der Waals surface area contributed by atoms with E-state index in [0.717, 1.165) is 155 Å². The number of nitrogen functional groups attached to an aromatic ring is 2. The lowest BCUT2D eigenvalue weighted by Crippen LogP contribution is -2.09. The Balaban J connectivity index is 1.11. The molecule has 0 radical (unpaired) electrons. The van der Waals surface area contributed by atoms with Crippen molar-refractivity contribution >= 4 is 56.8 Å². The van der Waals surface area contributed by atoms with Crippen molar-refractivity contribution in [2.24, 2.45) is 0 Å². The van der Waals surface area contributed by atoms with Gasteiger partial charge in [-0.15, -0.1) is 22.7 Å². The Hall–Kier alpha value is -11.5. The normalized spacial score (nSPS) is 11.1. The Labute approximate surface area is 545 Å². The zero-order valence-electron chi connectivity index (χ0n) is 50.3. The SMILES string of the molecule is Nc1c(N)c(-c2cccc(-c3ccccc3)c2Nc2cccc(-c3ccccc3)c2-c2cccs2)c(-c2cccc(-c3ccccc3)c2Nc2cccc(-c3ccccc3)c2-c2cccs2)c(-c2ccccc2)c1-c1cccc(-c2ccccc2)c1-c1ccccc1. The van der Waals surface area contributed by atoms with E-state index in [1.807, 2.05) is 0 Å². The van der Waals surface area contributed by atoms with Gasteiger partial charge in [0.05, 0.1) is 22.7 Å². The topological polar surface area (TPSA) is 76.1 Å². The minimum atomic E-state index is 0.449. The highest BCUT2D eigenvalue weighted by Crippen LogP contribution is 2.59. The molecule has 4 nitrogen and oxygen atoms in total. The van der Waals surface area contributed by atoms with Gasteiger partial charge in [0.2, 0.25) is 0 Å². The average Bonchev–Trinajstić information content (AvgIpc) is 0.790. The van der Waals surface area contributed by atoms with Crippen LogP contribution in [0.4, 0.5) is 34.1 Å². The summed E-state index contributed by atoms with van der Waals surface area (Å²) in [5.74, 6) is 0. The average molecular weight is 1220 g/mol. The molecule has 92 heavy (non-hydrogen) atoms. The van der Waals surface area contributed by atoms with Gasteiger partial charge < -0.3 is 22.1 Å². The molecule has 6 heteroatoms. The van der Waals surface area contributed by atoms with Crippen molar-refractivity contribution in [3.05, 3.63) is 338 Å². The first-order valence-electron chi connectivity index (χ1n) is 31.0. The van der Waals surface area contributed by atoms with E-state index in [1.165, 1.54) is 0 Å². The van der Waals surface area contributed by atoms with Crippen LogP contribution < -0.4 is 22.1 Å². The molecule has 0 atom stereocenters. The Bertz CT molecular complexity index is 5060. The fourth-order valence-electron chi connectivity index (χ4n) is 13.2. The summed E-state index contributed by atoms with van der Waals surface area (Å²) in [6.07, 6.45) is 0. The molecule has 0 saturated heterocycles. The lowest BCUT2D eigenvalue weighted by molar-refractivity contribution is 1.48. The molecule has 0 aliphatic carbocycles. The monoisotopic (exact) mass is 1210 g/mol. The summed E-state index contributed by atoms with van der Waals surface area (Å²) in [5, 5.41) is 12.8. The summed E-state index contributed by atoms with van der Waals surface area (Å²) in [7, 11) is 0. The van der Waals surface area contributed by atoms with E-state index in [-0.39, 0.29) is 0 Å². The largest absolute Gasteiger partial charge is 0.397 e. The molecular formula is C86H62N4S2. The molecule has 2 aromatic heterocycles. The standard InChI is InChI=1S/C86H62N4S2/c87-83-81(69-48-22-43-64(57-29-8-1-9-30-57)76(69)62-39-18-6-19-40-62)77(63-41-20-7-21-42-63)80(70-49-23-46-67(60-35-14-4-15-36-60)85(70)89-72-51-25-44-65(58-31-10-2-11-32-58)78(72)74-53-27-55-91-74)82(84(83)88)71-50-24-47-68(61-37-16-5-17-38-61)86(71)90-73-52-26-45-66(59-33-12-3-13-34-59)79(73)75-54-28-56-92-75/h1-56,89-90H,87-88H2. The highest BCUT2D eigenvalue weighted by Gasteiger charge is 2.32. The Morgan fingerprint density at radius 2 is 0.478 bits per heavy atom. The van der Waals surface area contributed by atoms with Crippen LogP contribution in [0.25, 0.3) is 132 Å². The zero-order valence-corrected chi connectivity index (χ0v) is 51.9. The molecule has 0 aliphatic rings. The van der Waals surface area contributed by atoms with E-state index in [9.17, 15) is 0 Å². The number of para-hydroxylation sites is 2. The van der Waals surface area contributed by atoms with E-state index in [0.29, 0.717) is 11.4 Å². The van der Waals surface area contributed by atoms with Crippen molar-refractivity contribution < 1.29 is 0 Å². The summed E-state index contributed by atoms with van der Waals surface area (Å²) >= 11 is 3.47. The van der Waals surface area contributed by atoms with Crippen molar-refractivity contribution in [3.8, 4) is 132 Å². The maximum Gasteiger partial charge on any atom is 0.0641 e. The molecule has 0 fully saturated rings. The van der Waals surface area contributed by atoms with E-state index in [4.69, 9.17) is 11.5 Å². The third-order valence-corrected chi connectivity index (χ3v) is 19.1. The molecule has 0 saturated carbocycles. The predicted octanol–water partition coefficient (Wildman–Crippen LogP) is 24.5. The van der Waals surface area contributed by atoms with Crippen molar-refractivity contribution in [3.63, 3.8) is 0 Å². The van der Waals surface area contributed by atoms with Gasteiger partial charge in [-0.25, -0.2) is 0 Å². The number of hydrogen-bond acceptors (Lipinski definition) is 6. The van der Waals surface area contributed by atoms with Crippen LogP contribution in [-0.4, -0.2) is 0 Å². The smallest absolute Gasteiger partial charge is 0.0641 e. The van der Waals surface area contributed by atoms with Gasteiger partial charge in [0, 0.05) is 76.8 Å². The molecule has 15 aromatic rings. The number of nitrogens with one attached hydrogen (secondary N) is 2. The molecule has 0 unspecified atom stereocenters. The third-order valence-electron chi connectivity index (χ3n) is 17.3. The fourth-order valence-corrected chi connectivity index (χ4v) is 14.8. The molecule has 0 spiro atoms. The van der Waals surface area contributed by atoms with Gasteiger partial charge in [0.1, 0.15) is 0 Å². The Kier molecular flexibility index (Phi) is 15.8. The first-order chi connectivity index (χ1) is 45.6. The van der Waals surface area contributed by atoms with Gasteiger partial charge in [0.15, 0.2) is 0 Å². The minimum absolute atomic E-state index is 0.449. The number of nitrogens with two attached hydrogens (primary N) is 2. The first-order valence-corrected chi connectivity index (χ1v) is 32.7. The second kappa shape index (κ2) is 25.5. The Morgan fingerprint density at radius 1 is 0.196 bits per heavy atom. The predicted molar refractivity (Wildman–Crippen MR) is 396 cm³/mol. The molecule has 2 heterocycles. The fraction of sp³-hybridized carbons (Fsp3) is 0. The Morgan fingerprint density at radius 3 is 0.848 bits per heavy atom. The molecule has 0 aliphatic heterocycles. The second-order valence-electron chi connectivity index (χ2n) is 22.7. The highest BCUT2D eigenvalue weighted by atomic mass is 32.1. The maximum atomic E-state index is 8.29. The van der Waals surface area contributed by atoms with Crippen LogP contribution in [0.3, 0.4) is 0 Å². The van der Waals surface area contributed by atoms with Gasteiger partial charge >= 0.3 is 0 Å². The van der Waals surface area contributed by atoms with E-state index in [2.05, 4.69) is 349 Å². The van der Waals surface area contributed by atoms with Crippen molar-refractivity contribution in [1.82, 2.24) is 0 Å². The van der Waals surface area contributed by atoms with Crippen LogP contribution in [0, 0.1) is 0 Å². The second-order valence-corrected chi connectivity index (χ2v) is 24.6. The van der Waals surface area contributed by atoms with Gasteiger partial charge in [-0.3, -0.25) is 0 Å². The lowest BCUT2D eigenvalue weighted by atomic mass is 9.77. The summed E-state index contributed by atoms with van der Waals surface area (Å²) in [4.78, 5) is 2.29. The van der Waals surface area contributed by atoms with Gasteiger partial charge in [-0.2, -0.15) is 0 Å². The number of benzene rings is 13. The number of rotatable bonds is 16. The molecule has 438 valence electrons. The molecule has 13 aromatic carbocycles. The van der Waals surface area contributed by atoms with Crippen molar-refractivity contribution in [2.75, 3.05) is 22.1 Å². The molecular weight excluding hydrogens is 1150 g/mol. The van der Waals surface area contributed by atoms with Crippen molar-refractivity contribution in [1.29, 1.82) is 0 Å². The minimum Gasteiger partial charge on any atom is -0.397 e. The lowest BCUT2D eigenvalue weighted by Gasteiger charge is -2.30. The van der Waals surface area contributed by atoms with E-state index in [1.54, 1.807) is 22.7 Å². The van der Waals surface area contributed by atoms with Crippen LogP contribution in [0.5, 0.6) is 0 Å². The van der Waals surface area contributed by atoms with Crippen LogP contribution in [0.1, 0.15) is 0 Å². The number of thiophene rings is 2. The zero-order chi connectivity index (χ0) is 61.7. The van der Waals surface area contributed by atoms with Crippen LogP contribution in [0.15, 0.2) is 338 Å². The first kappa shape index (κ1) is 56.9. The van der Waals surface area contributed by atoms with Crippen LogP contribution in [0.2, 0.25) is 0 Å². The molecule has 6 N–H and O–H groups in total. The van der Waals surface area contributed by atoms with Crippen LogP contribution >= 0.6 is 22.7 Å². The van der Waals surface area contributed by atoms with E-state index >= 15 is 0 Å². The van der Waals surface area contributed by atoms with Crippen molar-refractivity contribution in [2.45, 2.75) is 0 Å². The highest BCUT2D eigenvalue weighted by molar-refractivity contribution is 7.14. The van der Waals surface area contributed by atoms with Crippen LogP contribution in [-0.2, 0) is 0 Å². The van der Waals surface area contributed by atoms with Gasteiger partial charge in [0.25, 0.3) is 0 Å². The summed E-state index contributed by atoms with van der Waals surface area (Å²) in [6, 6.07) is 117. The summed E-state index contributed by atoms with van der Waals surface area (Å²) in [5.41, 5.74) is 43.3. The van der Waals surface area contributed by atoms with E-state index < -0.39 is 0 Å². The van der Waals surface area contributed by atoms with Gasteiger partial charge in [-0.05, 0) is 102 Å². The number of hydrogen-bond donors (Lipinski definition) is 4. The summed E-state index contributed by atoms with van der Waals surface area (Å²) in [6.45, 7) is 0. The summed E-state index contributed by atoms with van der Waals surface area (Å²) < 4.78 is 0. The third kappa shape index (κ3) is 10.8. The molecule has 0 bridgehead atoms. The quantitative estimate of drug-likeness (QED) is 0.0727. The molecule has 0 amide bonds. The van der Waals surface area contributed by atoms with Gasteiger partial charge in [-0.1, -0.05) is 303 Å².